The molecule has 0 aliphatic carbocycles. The van der Waals surface area contributed by atoms with Crippen LogP contribution in [0.25, 0.3) is 5.76 Å². The third kappa shape index (κ3) is 4.03. The second-order valence-corrected chi connectivity index (χ2v) is 8.04. The number of aryl methyl sites for hydroxylation is 1. The topological polar surface area (TPSA) is 76.1 Å². The highest BCUT2D eigenvalue weighted by molar-refractivity contribution is 7.10. The van der Waals surface area contributed by atoms with Crippen molar-refractivity contribution >= 4 is 40.4 Å². The van der Waals surface area contributed by atoms with Gasteiger partial charge in [-0.3, -0.25) is 9.59 Å². The molecule has 0 bridgehead atoms. The minimum Gasteiger partial charge on any atom is -0.507 e. The molecule has 1 N–H and O–H groups in total. The van der Waals surface area contributed by atoms with E-state index >= 15 is 0 Å². The highest BCUT2D eigenvalue weighted by Gasteiger charge is 2.47. The number of aliphatic hydroxyl groups excluding tert-OH is 1. The molecule has 8 heteroatoms. The van der Waals surface area contributed by atoms with Gasteiger partial charge in [0.15, 0.2) is 0 Å². The molecule has 1 aliphatic heterocycles. The Balaban J connectivity index is 2.18. The number of methoxy groups -OCH3 is 2. The second-order valence-electron chi connectivity index (χ2n) is 6.65. The molecule has 1 amide bonds. The van der Waals surface area contributed by atoms with Crippen LogP contribution in [0.1, 0.15) is 28.5 Å². The average Bonchev–Trinajstić information content (AvgIpc) is 3.23. The van der Waals surface area contributed by atoms with Crippen molar-refractivity contribution in [1.29, 1.82) is 0 Å². The molecule has 1 fully saturated rings. The molecule has 1 aromatic carbocycles. The number of likely N-dealkylation sites (tertiary alicyclic amines) is 1. The standard InChI is InChI=1S/C21H22ClNO5S/c1-12-7-10-29-20(12)17-16(19(25)21(26)23(17)8-4-9-27-2)18(24)14-11-13(22)5-6-15(14)28-3/h5-7,10-11,17,24H,4,8-9H2,1-3H3/b18-16+. The quantitative estimate of drug-likeness (QED) is 0.305. The number of nitrogens with zero attached hydrogens (tertiary/aromatic N) is 1. The van der Waals surface area contributed by atoms with Gasteiger partial charge in [-0.05, 0) is 48.6 Å². The fraction of sp³-hybridized carbons (Fsp3) is 0.333. The lowest BCUT2D eigenvalue weighted by atomic mass is 9.98. The van der Waals surface area contributed by atoms with E-state index in [4.69, 9.17) is 21.1 Å². The number of amides is 1. The summed E-state index contributed by atoms with van der Waals surface area (Å²) in [5.41, 5.74) is 1.26. The maximum Gasteiger partial charge on any atom is 0.295 e. The number of carbonyl (C=O) groups is 2. The fourth-order valence-electron chi connectivity index (χ4n) is 3.44. The number of thiophene rings is 1. The third-order valence-corrected chi connectivity index (χ3v) is 6.16. The Morgan fingerprint density at radius 2 is 2.03 bits per heavy atom. The van der Waals surface area contributed by atoms with Crippen molar-refractivity contribution in [3.63, 3.8) is 0 Å². The highest BCUT2D eigenvalue weighted by atomic mass is 35.5. The monoisotopic (exact) mass is 435 g/mol. The Kier molecular flexibility index (Phi) is 6.62. The first-order valence-electron chi connectivity index (χ1n) is 9.06. The van der Waals surface area contributed by atoms with Gasteiger partial charge in [0.25, 0.3) is 11.7 Å². The molecular weight excluding hydrogens is 414 g/mol. The van der Waals surface area contributed by atoms with Crippen LogP contribution >= 0.6 is 22.9 Å². The van der Waals surface area contributed by atoms with Crippen molar-refractivity contribution in [3.05, 3.63) is 56.2 Å². The Morgan fingerprint density at radius 1 is 1.28 bits per heavy atom. The third-order valence-electron chi connectivity index (χ3n) is 4.85. The maximum absolute atomic E-state index is 13.0. The Bertz CT molecular complexity index is 968. The van der Waals surface area contributed by atoms with Gasteiger partial charge in [0.1, 0.15) is 11.5 Å². The Hall–Kier alpha value is -2.35. The van der Waals surface area contributed by atoms with Crippen LogP contribution in [0.15, 0.2) is 35.2 Å². The molecule has 0 saturated carbocycles. The summed E-state index contributed by atoms with van der Waals surface area (Å²) >= 11 is 7.54. The minimum absolute atomic E-state index is 0.0403. The molecule has 0 spiro atoms. The van der Waals surface area contributed by atoms with Gasteiger partial charge in [-0.25, -0.2) is 0 Å². The molecule has 1 atom stereocenters. The summed E-state index contributed by atoms with van der Waals surface area (Å²) in [6.07, 6.45) is 0.574. The lowest BCUT2D eigenvalue weighted by molar-refractivity contribution is -0.140. The Labute approximate surface area is 178 Å². The lowest BCUT2D eigenvalue weighted by Gasteiger charge is -2.25. The molecule has 1 unspecified atom stereocenters. The van der Waals surface area contributed by atoms with Crippen molar-refractivity contribution in [2.45, 2.75) is 19.4 Å². The fourth-order valence-corrected chi connectivity index (χ4v) is 4.66. The number of aliphatic hydroxyl groups is 1. The molecular formula is C21H22ClNO5S. The van der Waals surface area contributed by atoms with Gasteiger partial charge >= 0.3 is 0 Å². The summed E-state index contributed by atoms with van der Waals surface area (Å²) in [5.74, 6) is -1.30. The van der Waals surface area contributed by atoms with Gasteiger partial charge in [-0.2, -0.15) is 0 Å². The van der Waals surface area contributed by atoms with Crippen molar-refractivity contribution in [3.8, 4) is 5.75 Å². The number of ether oxygens (including phenoxy) is 2. The van der Waals surface area contributed by atoms with E-state index in [0.29, 0.717) is 30.3 Å². The van der Waals surface area contributed by atoms with Gasteiger partial charge in [-0.15, -0.1) is 11.3 Å². The zero-order chi connectivity index (χ0) is 21.1. The van der Waals surface area contributed by atoms with Gasteiger partial charge < -0.3 is 19.5 Å². The van der Waals surface area contributed by atoms with E-state index in [-0.39, 0.29) is 16.9 Å². The summed E-state index contributed by atoms with van der Waals surface area (Å²) in [5, 5.41) is 13.4. The summed E-state index contributed by atoms with van der Waals surface area (Å²) in [6.45, 7) is 2.71. The first-order valence-corrected chi connectivity index (χ1v) is 10.3. The van der Waals surface area contributed by atoms with Gasteiger partial charge in [0, 0.05) is 30.2 Å². The Morgan fingerprint density at radius 3 is 2.66 bits per heavy atom. The van der Waals surface area contributed by atoms with E-state index in [9.17, 15) is 14.7 Å². The van der Waals surface area contributed by atoms with Crippen LogP contribution in [0.3, 0.4) is 0 Å². The molecule has 2 aromatic rings. The number of benzene rings is 1. The summed E-state index contributed by atoms with van der Waals surface area (Å²) in [6, 6.07) is 6.01. The SMILES string of the molecule is COCCCN1C(=O)C(=O)/C(=C(/O)c2cc(Cl)ccc2OC)C1c1sccc1C. The lowest BCUT2D eigenvalue weighted by Crippen LogP contribution is -2.31. The van der Waals surface area contributed by atoms with Crippen molar-refractivity contribution < 1.29 is 24.2 Å². The summed E-state index contributed by atoms with van der Waals surface area (Å²) in [7, 11) is 3.05. The number of Topliss-reactive ketones (excluding diaryl/α,β-unsaturated/α-hetero) is 1. The average molecular weight is 436 g/mol. The predicted octanol–water partition coefficient (Wildman–Crippen LogP) is 4.18. The minimum atomic E-state index is -0.722. The zero-order valence-corrected chi connectivity index (χ0v) is 18.0. The zero-order valence-electron chi connectivity index (χ0n) is 16.4. The van der Waals surface area contributed by atoms with E-state index < -0.39 is 17.7 Å². The number of ketones is 1. The van der Waals surface area contributed by atoms with Crippen molar-refractivity contribution in [1.82, 2.24) is 4.90 Å². The van der Waals surface area contributed by atoms with Crippen molar-refractivity contribution in [2.24, 2.45) is 0 Å². The van der Waals surface area contributed by atoms with Gasteiger partial charge in [-0.1, -0.05) is 11.6 Å². The second kappa shape index (κ2) is 8.98. The van der Waals surface area contributed by atoms with Crippen LogP contribution in [-0.2, 0) is 14.3 Å². The molecule has 1 aromatic heterocycles. The molecule has 29 heavy (non-hydrogen) atoms. The predicted molar refractivity (Wildman–Crippen MR) is 113 cm³/mol. The van der Waals surface area contributed by atoms with E-state index in [1.807, 2.05) is 18.4 Å². The van der Waals surface area contributed by atoms with Crippen LogP contribution in [0.4, 0.5) is 0 Å². The van der Waals surface area contributed by atoms with Crippen molar-refractivity contribution in [2.75, 3.05) is 27.4 Å². The molecule has 0 radical (unpaired) electrons. The number of hydrogen-bond donors (Lipinski definition) is 1. The number of rotatable bonds is 7. The smallest absolute Gasteiger partial charge is 0.295 e. The number of carbonyl (C=O) groups excluding carboxylic acids is 2. The number of hydrogen-bond acceptors (Lipinski definition) is 6. The van der Waals surface area contributed by atoms with Crippen LogP contribution in [-0.4, -0.2) is 49.1 Å². The number of halogens is 1. The molecule has 1 aliphatic rings. The van der Waals surface area contributed by atoms with E-state index in [2.05, 4.69) is 0 Å². The molecule has 1 saturated heterocycles. The first kappa shape index (κ1) is 21.4. The summed E-state index contributed by atoms with van der Waals surface area (Å²) < 4.78 is 10.4. The first-order chi connectivity index (χ1) is 13.9. The van der Waals surface area contributed by atoms with Gasteiger partial charge in [0.2, 0.25) is 0 Å². The molecule has 6 nitrogen and oxygen atoms in total. The van der Waals surface area contributed by atoms with Crippen LogP contribution in [0.5, 0.6) is 5.75 Å². The normalized spacial score (nSPS) is 18.5. The molecule has 3 rings (SSSR count). The van der Waals surface area contributed by atoms with Crippen LogP contribution < -0.4 is 4.74 Å². The largest absolute Gasteiger partial charge is 0.507 e. The van der Waals surface area contributed by atoms with Gasteiger partial charge in [0.05, 0.1) is 24.3 Å². The van der Waals surface area contributed by atoms with E-state index in [0.717, 1.165) is 10.4 Å². The van der Waals surface area contributed by atoms with Crippen LogP contribution in [0, 0.1) is 6.92 Å². The van der Waals surface area contributed by atoms with E-state index in [1.165, 1.54) is 29.4 Å². The van der Waals surface area contributed by atoms with E-state index in [1.54, 1.807) is 19.2 Å². The highest BCUT2D eigenvalue weighted by Crippen LogP contribution is 2.43. The summed E-state index contributed by atoms with van der Waals surface area (Å²) in [4.78, 5) is 28.1. The molecule has 154 valence electrons. The molecule has 2 heterocycles. The van der Waals surface area contributed by atoms with Crippen LogP contribution in [0.2, 0.25) is 5.02 Å². The maximum atomic E-state index is 13.0.